The van der Waals surface area contributed by atoms with E-state index >= 15 is 0 Å². The lowest BCUT2D eigenvalue weighted by molar-refractivity contribution is 0.645. The summed E-state index contributed by atoms with van der Waals surface area (Å²) in [6, 6.07) is 4.09. The average molecular weight is 266 g/mol. The molecule has 0 unspecified atom stereocenters. The zero-order valence-electron chi connectivity index (χ0n) is 8.28. The number of hydrogen-bond acceptors (Lipinski definition) is 2. The highest BCUT2D eigenvalue weighted by Gasteiger charge is 2.46. The topological polar surface area (TPSA) is 43.3 Å². The van der Waals surface area contributed by atoms with Crippen LogP contribution >= 0.6 is 15.9 Å². The number of fused-ring (bicyclic) bond motifs is 1. The van der Waals surface area contributed by atoms with E-state index in [9.17, 15) is 0 Å². The van der Waals surface area contributed by atoms with Crippen LogP contribution in [-0.2, 0) is 5.41 Å². The van der Waals surface area contributed by atoms with Crippen molar-refractivity contribution in [3.63, 3.8) is 0 Å². The number of halogens is 1. The van der Waals surface area contributed by atoms with Crippen molar-refractivity contribution in [2.75, 3.05) is 6.54 Å². The lowest BCUT2D eigenvalue weighted by Gasteiger charge is -2.10. The fourth-order valence-corrected chi connectivity index (χ4v) is 2.36. The number of hydrogen-bond donors (Lipinski definition) is 1. The van der Waals surface area contributed by atoms with E-state index in [1.54, 1.807) is 0 Å². The lowest BCUT2D eigenvalue weighted by atomic mass is 10.1. The van der Waals surface area contributed by atoms with Crippen LogP contribution in [0.25, 0.3) is 5.52 Å². The summed E-state index contributed by atoms with van der Waals surface area (Å²) < 4.78 is 3.21. The SMILES string of the molecule is NCC1(c2ncc3ccc(Br)cn23)CC1. The Morgan fingerprint density at radius 3 is 2.93 bits per heavy atom. The Labute approximate surface area is 96.4 Å². The van der Waals surface area contributed by atoms with Crippen molar-refractivity contribution in [1.82, 2.24) is 9.38 Å². The second kappa shape index (κ2) is 3.06. The highest BCUT2D eigenvalue weighted by Crippen LogP contribution is 2.46. The molecule has 1 saturated carbocycles. The number of nitrogens with two attached hydrogens (primary N) is 1. The summed E-state index contributed by atoms with van der Waals surface area (Å²) in [5, 5.41) is 0. The van der Waals surface area contributed by atoms with Gasteiger partial charge >= 0.3 is 0 Å². The molecule has 1 fully saturated rings. The van der Waals surface area contributed by atoms with Crippen LogP contribution in [0.2, 0.25) is 0 Å². The molecule has 2 N–H and O–H groups in total. The van der Waals surface area contributed by atoms with Crippen molar-refractivity contribution in [2.45, 2.75) is 18.3 Å². The first kappa shape index (κ1) is 9.36. The monoisotopic (exact) mass is 265 g/mol. The predicted octanol–water partition coefficient (Wildman–Crippen LogP) is 2.09. The number of rotatable bonds is 2. The highest BCUT2D eigenvalue weighted by atomic mass is 79.9. The minimum atomic E-state index is 0.146. The molecule has 0 bridgehead atoms. The molecule has 78 valence electrons. The molecule has 4 heteroatoms. The Kier molecular flexibility index (Phi) is 1.91. The molecule has 0 spiro atoms. The number of nitrogens with zero attached hydrogens (tertiary/aromatic N) is 2. The van der Waals surface area contributed by atoms with Crippen molar-refractivity contribution < 1.29 is 0 Å². The first-order valence-corrected chi connectivity index (χ1v) is 5.88. The zero-order valence-corrected chi connectivity index (χ0v) is 9.87. The van der Waals surface area contributed by atoms with Crippen LogP contribution in [0.15, 0.2) is 29.0 Å². The van der Waals surface area contributed by atoms with Crippen molar-refractivity contribution in [3.8, 4) is 0 Å². The van der Waals surface area contributed by atoms with Crippen LogP contribution in [-0.4, -0.2) is 15.9 Å². The quantitative estimate of drug-likeness (QED) is 0.904. The fourth-order valence-electron chi connectivity index (χ4n) is 2.03. The number of imidazole rings is 1. The molecule has 3 rings (SSSR count). The van der Waals surface area contributed by atoms with Crippen molar-refractivity contribution >= 4 is 21.4 Å². The molecule has 2 heterocycles. The van der Waals surface area contributed by atoms with Gasteiger partial charge in [0.2, 0.25) is 0 Å². The maximum absolute atomic E-state index is 5.82. The summed E-state index contributed by atoms with van der Waals surface area (Å²) in [4.78, 5) is 4.50. The second-order valence-corrected chi connectivity index (χ2v) is 5.12. The summed E-state index contributed by atoms with van der Waals surface area (Å²) >= 11 is 3.48. The fraction of sp³-hybridized carbons (Fsp3) is 0.364. The average Bonchev–Trinajstić information content (AvgIpc) is 2.93. The summed E-state index contributed by atoms with van der Waals surface area (Å²) in [5.74, 6) is 1.11. The van der Waals surface area contributed by atoms with Crippen LogP contribution in [0.3, 0.4) is 0 Å². The van der Waals surface area contributed by atoms with Gasteiger partial charge in [-0.3, -0.25) is 0 Å². The Balaban J connectivity index is 2.23. The van der Waals surface area contributed by atoms with Gasteiger partial charge in [0, 0.05) is 22.6 Å². The smallest absolute Gasteiger partial charge is 0.120 e. The van der Waals surface area contributed by atoms with E-state index in [0.29, 0.717) is 6.54 Å². The predicted molar refractivity (Wildman–Crippen MR) is 62.9 cm³/mol. The molecule has 1 aliphatic carbocycles. The summed E-state index contributed by atoms with van der Waals surface area (Å²) in [6.45, 7) is 0.693. The molecule has 0 saturated heterocycles. The van der Waals surface area contributed by atoms with E-state index in [1.165, 1.54) is 0 Å². The molecule has 2 aromatic rings. The van der Waals surface area contributed by atoms with Crippen molar-refractivity contribution in [2.24, 2.45) is 5.73 Å². The van der Waals surface area contributed by atoms with Gasteiger partial charge in [0.15, 0.2) is 0 Å². The van der Waals surface area contributed by atoms with E-state index < -0.39 is 0 Å². The van der Waals surface area contributed by atoms with Gasteiger partial charge in [-0.25, -0.2) is 4.98 Å². The Morgan fingerprint density at radius 2 is 2.27 bits per heavy atom. The minimum Gasteiger partial charge on any atom is -0.329 e. The van der Waals surface area contributed by atoms with Crippen molar-refractivity contribution in [3.05, 3.63) is 34.8 Å². The molecule has 15 heavy (non-hydrogen) atoms. The molecule has 1 aliphatic rings. The van der Waals surface area contributed by atoms with Gasteiger partial charge in [0.25, 0.3) is 0 Å². The molecule has 0 amide bonds. The third-order valence-electron chi connectivity index (χ3n) is 3.21. The van der Waals surface area contributed by atoms with Crippen molar-refractivity contribution in [1.29, 1.82) is 0 Å². The first-order chi connectivity index (χ1) is 7.25. The molecular formula is C11H12BrN3. The Bertz CT molecular complexity index is 514. The lowest BCUT2D eigenvalue weighted by Crippen LogP contribution is -2.22. The van der Waals surface area contributed by atoms with Gasteiger partial charge in [-0.05, 0) is 40.9 Å². The van der Waals surface area contributed by atoms with Gasteiger partial charge in [-0.1, -0.05) is 0 Å². The van der Waals surface area contributed by atoms with Gasteiger partial charge in [-0.15, -0.1) is 0 Å². The zero-order chi connectivity index (χ0) is 10.5. The van der Waals surface area contributed by atoms with Crippen LogP contribution in [0, 0.1) is 0 Å². The highest BCUT2D eigenvalue weighted by molar-refractivity contribution is 9.10. The van der Waals surface area contributed by atoms with E-state index in [1.807, 2.05) is 12.3 Å². The first-order valence-electron chi connectivity index (χ1n) is 5.08. The van der Waals surface area contributed by atoms with E-state index in [2.05, 4.69) is 37.6 Å². The molecule has 0 aromatic carbocycles. The summed E-state index contributed by atoms with van der Waals surface area (Å²) in [6.07, 6.45) is 6.30. The van der Waals surface area contributed by atoms with Gasteiger partial charge in [0.1, 0.15) is 5.82 Å². The maximum Gasteiger partial charge on any atom is 0.120 e. The molecule has 3 nitrogen and oxygen atoms in total. The van der Waals surface area contributed by atoms with E-state index in [4.69, 9.17) is 5.73 Å². The summed E-state index contributed by atoms with van der Waals surface area (Å²) in [7, 11) is 0. The number of pyridine rings is 1. The Hall–Kier alpha value is -0.870. The molecule has 0 radical (unpaired) electrons. The van der Waals surface area contributed by atoms with Crippen LogP contribution in [0.5, 0.6) is 0 Å². The van der Waals surface area contributed by atoms with Crippen LogP contribution in [0.1, 0.15) is 18.7 Å². The standard InChI is InChI=1S/C11H12BrN3/c12-8-1-2-9-5-14-10(15(9)6-8)11(7-13)3-4-11/h1-2,5-6H,3-4,7,13H2. The third kappa shape index (κ3) is 1.32. The minimum absolute atomic E-state index is 0.146. The van der Waals surface area contributed by atoms with Crippen LogP contribution in [0.4, 0.5) is 0 Å². The second-order valence-electron chi connectivity index (χ2n) is 4.21. The van der Waals surface area contributed by atoms with Crippen LogP contribution < -0.4 is 5.73 Å². The third-order valence-corrected chi connectivity index (χ3v) is 3.68. The summed E-state index contributed by atoms with van der Waals surface area (Å²) in [5.41, 5.74) is 7.10. The normalized spacial score (nSPS) is 18.3. The molecule has 0 atom stereocenters. The Morgan fingerprint density at radius 1 is 1.47 bits per heavy atom. The van der Waals surface area contributed by atoms with Gasteiger partial charge in [-0.2, -0.15) is 0 Å². The maximum atomic E-state index is 5.82. The van der Waals surface area contributed by atoms with E-state index in [-0.39, 0.29) is 5.41 Å². The molecule has 0 aliphatic heterocycles. The molecular weight excluding hydrogens is 254 g/mol. The largest absolute Gasteiger partial charge is 0.329 e. The molecule has 2 aromatic heterocycles. The van der Waals surface area contributed by atoms with Gasteiger partial charge < -0.3 is 10.1 Å². The van der Waals surface area contributed by atoms with E-state index in [0.717, 1.165) is 28.7 Å². The van der Waals surface area contributed by atoms with Gasteiger partial charge in [0.05, 0.1) is 11.7 Å². The number of aromatic nitrogens is 2.